The molecule has 0 aliphatic carbocycles. The Morgan fingerprint density at radius 1 is 1.06 bits per heavy atom. The monoisotopic (exact) mass is 213 g/mol. The summed E-state index contributed by atoms with van der Waals surface area (Å²) in [7, 11) is 0. The molecule has 0 atom stereocenters. The van der Waals surface area contributed by atoms with E-state index in [4.69, 9.17) is 6.85 Å². The number of aryl methyl sites for hydroxylation is 1. The predicted octanol–water partition coefficient (Wildman–Crippen LogP) is 4.56. The molecule has 0 nitrogen and oxygen atoms in total. The van der Waals surface area contributed by atoms with E-state index in [1.807, 2.05) is 38.1 Å². The highest BCUT2D eigenvalue weighted by molar-refractivity contribution is 5.80. The van der Waals surface area contributed by atoms with Crippen LogP contribution in [0.1, 0.15) is 30.5 Å². The molecule has 0 saturated carbocycles. The van der Waals surface area contributed by atoms with Crippen LogP contribution in [-0.4, -0.2) is 0 Å². The van der Waals surface area contributed by atoms with Crippen LogP contribution in [0, 0.1) is 6.92 Å². The zero-order valence-corrected chi connectivity index (χ0v) is 9.39. The highest BCUT2D eigenvalue weighted by Crippen LogP contribution is 2.17. The second-order valence-corrected chi connectivity index (χ2v) is 3.73. The Hall–Kier alpha value is -1.82. The topological polar surface area (TPSA) is 0 Å². The van der Waals surface area contributed by atoms with Crippen LogP contribution in [0.2, 0.25) is 0 Å². The van der Waals surface area contributed by atoms with Crippen LogP contribution in [0.4, 0.5) is 0 Å². The third-order valence-electron chi connectivity index (χ3n) is 2.39. The SMILES string of the molecule is [2H]c1c([2H])c([2H])c(/C=C(\C)c2ccc(C)cc2)c([2H])c1[2H]. The summed E-state index contributed by atoms with van der Waals surface area (Å²) in [5.41, 5.74) is 3.19. The number of allylic oxidation sites excluding steroid dienone is 1. The third-order valence-corrected chi connectivity index (χ3v) is 2.39. The van der Waals surface area contributed by atoms with E-state index in [0.717, 1.165) is 16.7 Å². The third kappa shape index (κ3) is 2.60. The number of hydrogen-bond donors (Lipinski definition) is 0. The van der Waals surface area contributed by atoms with Crippen molar-refractivity contribution in [3.8, 4) is 0 Å². The highest BCUT2D eigenvalue weighted by atomic mass is 14.0. The summed E-state index contributed by atoms with van der Waals surface area (Å²) < 4.78 is 38.8. The normalized spacial score (nSPS) is 15.9. The second kappa shape index (κ2) is 4.80. The van der Waals surface area contributed by atoms with Crippen LogP contribution >= 0.6 is 0 Å². The minimum atomic E-state index is -0.366. The molecule has 0 aliphatic rings. The van der Waals surface area contributed by atoms with Gasteiger partial charge in [-0.15, -0.1) is 0 Å². The summed E-state index contributed by atoms with van der Waals surface area (Å²) in [6.07, 6.45) is 1.64. The molecule has 0 amide bonds. The maximum absolute atomic E-state index is 7.91. The van der Waals surface area contributed by atoms with Crippen molar-refractivity contribution >= 4 is 11.6 Å². The average Bonchev–Trinajstić information content (AvgIpc) is 2.48. The van der Waals surface area contributed by atoms with Crippen LogP contribution in [0.15, 0.2) is 54.5 Å². The molecule has 0 unspecified atom stereocenters. The van der Waals surface area contributed by atoms with Crippen LogP contribution in [0.5, 0.6) is 0 Å². The van der Waals surface area contributed by atoms with E-state index >= 15 is 0 Å². The first kappa shape index (κ1) is 6.05. The average molecular weight is 213 g/mol. The van der Waals surface area contributed by atoms with Gasteiger partial charge in [0.1, 0.15) is 0 Å². The van der Waals surface area contributed by atoms with Crippen molar-refractivity contribution < 1.29 is 6.85 Å². The van der Waals surface area contributed by atoms with Gasteiger partial charge in [0.05, 0.1) is 6.85 Å². The Morgan fingerprint density at radius 3 is 2.31 bits per heavy atom. The molecule has 0 spiro atoms. The lowest BCUT2D eigenvalue weighted by atomic mass is 10.0. The molecular weight excluding hydrogens is 192 g/mol. The van der Waals surface area contributed by atoms with Gasteiger partial charge < -0.3 is 0 Å². The molecule has 0 heteroatoms. The van der Waals surface area contributed by atoms with Gasteiger partial charge in [-0.3, -0.25) is 0 Å². The molecule has 0 radical (unpaired) electrons. The fraction of sp³-hybridized carbons (Fsp3) is 0.125. The Kier molecular flexibility index (Phi) is 1.82. The van der Waals surface area contributed by atoms with E-state index in [0.29, 0.717) is 0 Å². The highest BCUT2D eigenvalue weighted by Gasteiger charge is 1.95. The lowest BCUT2D eigenvalue weighted by Crippen LogP contribution is -1.80. The Balaban J connectivity index is 2.57. The van der Waals surface area contributed by atoms with Crippen molar-refractivity contribution in [1.82, 2.24) is 0 Å². The van der Waals surface area contributed by atoms with E-state index in [9.17, 15) is 0 Å². The second-order valence-electron chi connectivity index (χ2n) is 3.73. The number of hydrogen-bond acceptors (Lipinski definition) is 0. The standard InChI is InChI=1S/C16H16/c1-13-8-10-16(11-9-13)14(2)12-15-6-4-3-5-7-15/h3-12H,1-2H3/b14-12+/i3D,4D,5D,6D,7D. The van der Waals surface area contributed by atoms with E-state index in [1.165, 1.54) is 0 Å². The Bertz CT molecular complexity index is 685. The quantitative estimate of drug-likeness (QED) is 0.642. The maximum atomic E-state index is 7.91. The Morgan fingerprint density at radius 2 is 1.69 bits per heavy atom. The van der Waals surface area contributed by atoms with Crippen molar-refractivity contribution in [2.75, 3.05) is 0 Å². The molecule has 0 aromatic heterocycles. The van der Waals surface area contributed by atoms with Gasteiger partial charge in [0.25, 0.3) is 0 Å². The van der Waals surface area contributed by atoms with E-state index in [1.54, 1.807) is 6.08 Å². The molecule has 0 heterocycles. The number of rotatable bonds is 2. The summed E-state index contributed by atoms with van der Waals surface area (Å²) in [6.45, 7) is 3.86. The van der Waals surface area contributed by atoms with Crippen LogP contribution in [-0.2, 0) is 0 Å². The van der Waals surface area contributed by atoms with Crippen LogP contribution in [0.3, 0.4) is 0 Å². The van der Waals surface area contributed by atoms with Crippen LogP contribution < -0.4 is 0 Å². The van der Waals surface area contributed by atoms with Crippen molar-refractivity contribution in [1.29, 1.82) is 0 Å². The van der Waals surface area contributed by atoms with E-state index in [2.05, 4.69) is 0 Å². The summed E-state index contributed by atoms with van der Waals surface area (Å²) in [5.74, 6) is 0. The molecule has 2 rings (SSSR count). The molecule has 2 aromatic rings. The molecule has 0 aliphatic heterocycles. The van der Waals surface area contributed by atoms with Gasteiger partial charge in [0.15, 0.2) is 0 Å². The fourth-order valence-corrected chi connectivity index (χ4v) is 1.45. The van der Waals surface area contributed by atoms with Gasteiger partial charge in [-0.05, 0) is 30.5 Å². The maximum Gasteiger partial charge on any atom is 0.0629 e. The van der Waals surface area contributed by atoms with Crippen molar-refractivity contribution in [3.63, 3.8) is 0 Å². The Labute approximate surface area is 104 Å². The van der Waals surface area contributed by atoms with Gasteiger partial charge in [-0.2, -0.15) is 0 Å². The lowest BCUT2D eigenvalue weighted by Gasteiger charge is -2.02. The lowest BCUT2D eigenvalue weighted by molar-refractivity contribution is 1.45. The molecule has 0 N–H and O–H groups in total. The van der Waals surface area contributed by atoms with Gasteiger partial charge in [0.2, 0.25) is 0 Å². The molecule has 16 heavy (non-hydrogen) atoms. The first-order valence-electron chi connectivity index (χ1n) is 7.65. The van der Waals surface area contributed by atoms with E-state index < -0.39 is 0 Å². The molecule has 80 valence electrons. The van der Waals surface area contributed by atoms with Crippen molar-refractivity contribution in [3.05, 3.63) is 71.2 Å². The molecule has 2 aromatic carbocycles. The zero-order chi connectivity index (χ0) is 15.7. The fourth-order valence-electron chi connectivity index (χ4n) is 1.45. The van der Waals surface area contributed by atoms with Crippen molar-refractivity contribution in [2.45, 2.75) is 13.8 Å². The molecule has 0 fully saturated rings. The van der Waals surface area contributed by atoms with Gasteiger partial charge in [-0.25, -0.2) is 0 Å². The summed E-state index contributed by atoms with van der Waals surface area (Å²) in [4.78, 5) is 0. The van der Waals surface area contributed by atoms with Crippen molar-refractivity contribution in [2.24, 2.45) is 0 Å². The number of benzene rings is 2. The minimum absolute atomic E-state index is 0.174. The summed E-state index contributed by atoms with van der Waals surface area (Å²) in [6, 6.07) is 6.55. The van der Waals surface area contributed by atoms with Gasteiger partial charge >= 0.3 is 0 Å². The molecule has 0 saturated heterocycles. The largest absolute Gasteiger partial charge is 0.0629 e. The van der Waals surface area contributed by atoms with Gasteiger partial charge in [0, 0.05) is 0 Å². The summed E-state index contributed by atoms with van der Waals surface area (Å²) in [5, 5.41) is 0. The van der Waals surface area contributed by atoms with Crippen LogP contribution in [0.25, 0.3) is 11.6 Å². The first-order chi connectivity index (χ1) is 9.82. The zero-order valence-electron chi connectivity index (χ0n) is 14.4. The molecule has 0 bridgehead atoms. The first-order valence-corrected chi connectivity index (χ1v) is 5.15. The smallest absolute Gasteiger partial charge is 0.0622 e. The predicted molar refractivity (Wildman–Crippen MR) is 71.2 cm³/mol. The van der Waals surface area contributed by atoms with E-state index in [-0.39, 0.29) is 35.8 Å². The molecular formula is C16H16. The summed E-state index contributed by atoms with van der Waals surface area (Å²) >= 11 is 0. The van der Waals surface area contributed by atoms with Gasteiger partial charge in [-0.1, -0.05) is 66.1 Å². The minimum Gasteiger partial charge on any atom is -0.0622 e.